The number of likely N-dealkylation sites (N-methyl/N-ethyl adjacent to an activating group) is 1. The standard InChI is InChI=1S/C24H27FN6O3/c1-17-16-30(14-13-29(17)2)21-10-9-18(15-20(21)25)27-23-26-12-11-22(28-23)31(24(32)34-33-3)19-7-5-4-6-8-19/h4-12,15,17H,13-14,16H2,1-3H3,(H,26,27,28). The van der Waals surface area contributed by atoms with Crippen LogP contribution in [0.2, 0.25) is 0 Å². The Hall–Kier alpha value is -3.76. The van der Waals surface area contributed by atoms with Gasteiger partial charge in [0.15, 0.2) is 0 Å². The van der Waals surface area contributed by atoms with Crippen molar-refractivity contribution in [2.45, 2.75) is 13.0 Å². The molecule has 178 valence electrons. The van der Waals surface area contributed by atoms with Crippen molar-refractivity contribution in [2.24, 2.45) is 0 Å². The van der Waals surface area contributed by atoms with Crippen molar-refractivity contribution in [2.75, 3.05) is 48.9 Å². The lowest BCUT2D eigenvalue weighted by Crippen LogP contribution is -2.50. The molecular weight excluding hydrogens is 439 g/mol. The van der Waals surface area contributed by atoms with Gasteiger partial charge in [-0.2, -0.15) is 9.87 Å². The normalized spacial score (nSPS) is 16.2. The third-order valence-corrected chi connectivity index (χ3v) is 5.73. The number of carbonyl (C=O) groups is 1. The summed E-state index contributed by atoms with van der Waals surface area (Å²) in [5, 5.41) is 3.01. The van der Waals surface area contributed by atoms with Crippen molar-refractivity contribution in [3.63, 3.8) is 0 Å². The van der Waals surface area contributed by atoms with Crippen LogP contribution in [-0.2, 0) is 9.78 Å². The van der Waals surface area contributed by atoms with Gasteiger partial charge in [0.05, 0.1) is 18.5 Å². The second-order valence-electron chi connectivity index (χ2n) is 7.99. The SMILES string of the molecule is COOC(=O)N(c1ccccc1)c1ccnc(Nc2ccc(N3CCN(C)C(C)C3)c(F)c2)n1. The van der Waals surface area contributed by atoms with E-state index >= 15 is 0 Å². The smallest absolute Gasteiger partial charge is 0.366 e. The Labute approximate surface area is 197 Å². The molecule has 1 saturated heterocycles. The second-order valence-corrected chi connectivity index (χ2v) is 7.99. The summed E-state index contributed by atoms with van der Waals surface area (Å²) >= 11 is 0. The maximum absolute atomic E-state index is 15.0. The molecular formula is C24H27FN6O3. The fourth-order valence-electron chi connectivity index (χ4n) is 3.79. The first kappa shape index (κ1) is 23.4. The summed E-state index contributed by atoms with van der Waals surface area (Å²) in [6.45, 7) is 4.54. The van der Waals surface area contributed by atoms with Gasteiger partial charge in [-0.05, 0) is 44.3 Å². The second kappa shape index (κ2) is 10.4. The number of hydrogen-bond acceptors (Lipinski definition) is 8. The molecule has 2 heterocycles. The summed E-state index contributed by atoms with van der Waals surface area (Å²) in [7, 11) is 3.32. The molecule has 0 aliphatic carbocycles. The monoisotopic (exact) mass is 466 g/mol. The third-order valence-electron chi connectivity index (χ3n) is 5.73. The Kier molecular flexibility index (Phi) is 7.19. The molecule has 3 aromatic rings. The van der Waals surface area contributed by atoms with Crippen LogP contribution in [0.25, 0.3) is 0 Å². The van der Waals surface area contributed by atoms with E-state index in [2.05, 4.69) is 43.9 Å². The van der Waals surface area contributed by atoms with Gasteiger partial charge in [0.25, 0.3) is 0 Å². The number of benzene rings is 2. The van der Waals surface area contributed by atoms with E-state index in [0.29, 0.717) is 23.1 Å². The number of aromatic nitrogens is 2. The predicted octanol–water partition coefficient (Wildman–Crippen LogP) is 4.34. The number of rotatable bonds is 6. The summed E-state index contributed by atoms with van der Waals surface area (Å²) in [6, 6.07) is 15.7. The summed E-state index contributed by atoms with van der Waals surface area (Å²) in [6.07, 6.45) is 0.729. The molecule has 1 aliphatic rings. The Bertz CT molecular complexity index is 1130. The Morgan fingerprint density at radius 2 is 1.97 bits per heavy atom. The van der Waals surface area contributed by atoms with E-state index in [0.717, 1.165) is 19.6 Å². The molecule has 34 heavy (non-hydrogen) atoms. The number of piperazine rings is 1. The molecule has 0 spiro atoms. The highest BCUT2D eigenvalue weighted by molar-refractivity contribution is 5.94. The summed E-state index contributed by atoms with van der Waals surface area (Å²) in [4.78, 5) is 36.0. The average Bonchev–Trinajstić information content (AvgIpc) is 2.82. The number of halogens is 1. The number of carbonyl (C=O) groups excluding carboxylic acids is 1. The van der Waals surface area contributed by atoms with Gasteiger partial charge in [-0.1, -0.05) is 18.2 Å². The highest BCUT2D eigenvalue weighted by Crippen LogP contribution is 2.28. The minimum Gasteiger partial charge on any atom is -0.366 e. The van der Waals surface area contributed by atoms with Crippen molar-refractivity contribution < 1.29 is 19.0 Å². The molecule has 0 saturated carbocycles. The molecule has 2 aromatic carbocycles. The molecule has 4 rings (SSSR count). The van der Waals surface area contributed by atoms with Crippen molar-refractivity contribution in [1.29, 1.82) is 0 Å². The van der Waals surface area contributed by atoms with Crippen LogP contribution in [0.5, 0.6) is 0 Å². The van der Waals surface area contributed by atoms with Gasteiger partial charge in [-0.25, -0.2) is 19.1 Å². The lowest BCUT2D eigenvalue weighted by Gasteiger charge is -2.39. The molecule has 1 N–H and O–H groups in total. The van der Waals surface area contributed by atoms with Gasteiger partial charge in [0.2, 0.25) is 5.95 Å². The van der Waals surface area contributed by atoms with Crippen LogP contribution >= 0.6 is 0 Å². The zero-order chi connectivity index (χ0) is 24.1. The summed E-state index contributed by atoms with van der Waals surface area (Å²) < 4.78 is 15.0. The maximum Gasteiger partial charge on any atom is 0.451 e. The summed E-state index contributed by atoms with van der Waals surface area (Å²) in [5.41, 5.74) is 1.59. The van der Waals surface area contributed by atoms with Crippen molar-refractivity contribution >= 4 is 34.9 Å². The predicted molar refractivity (Wildman–Crippen MR) is 128 cm³/mol. The first-order chi connectivity index (χ1) is 16.5. The topological polar surface area (TPSA) is 83.1 Å². The quantitative estimate of drug-likeness (QED) is 0.425. The Balaban J connectivity index is 1.55. The van der Waals surface area contributed by atoms with E-state index in [1.807, 2.05) is 6.07 Å². The van der Waals surface area contributed by atoms with Crippen LogP contribution in [0.15, 0.2) is 60.8 Å². The van der Waals surface area contributed by atoms with Crippen LogP contribution in [0.1, 0.15) is 6.92 Å². The molecule has 1 amide bonds. The largest absolute Gasteiger partial charge is 0.451 e. The van der Waals surface area contributed by atoms with E-state index in [1.165, 1.54) is 24.3 Å². The lowest BCUT2D eigenvalue weighted by molar-refractivity contribution is -0.210. The number of hydrogen-bond donors (Lipinski definition) is 1. The van der Waals surface area contributed by atoms with Gasteiger partial charge in [0, 0.05) is 43.6 Å². The van der Waals surface area contributed by atoms with Crippen LogP contribution in [0.4, 0.5) is 38.0 Å². The minimum atomic E-state index is -0.768. The fraction of sp³-hybridized carbons (Fsp3) is 0.292. The highest BCUT2D eigenvalue weighted by atomic mass is 19.1. The number of amides is 1. The zero-order valence-corrected chi connectivity index (χ0v) is 19.3. The fourth-order valence-corrected chi connectivity index (χ4v) is 3.79. The third kappa shape index (κ3) is 5.24. The van der Waals surface area contributed by atoms with E-state index in [9.17, 15) is 9.18 Å². The van der Waals surface area contributed by atoms with Crippen LogP contribution in [0, 0.1) is 5.82 Å². The molecule has 0 bridgehead atoms. The molecule has 1 fully saturated rings. The average molecular weight is 467 g/mol. The van der Waals surface area contributed by atoms with Crippen molar-refractivity contribution in [3.05, 3.63) is 66.6 Å². The van der Waals surface area contributed by atoms with E-state index in [1.54, 1.807) is 42.5 Å². The van der Waals surface area contributed by atoms with Gasteiger partial charge >= 0.3 is 6.09 Å². The first-order valence-electron chi connectivity index (χ1n) is 10.9. The highest BCUT2D eigenvalue weighted by Gasteiger charge is 2.24. The van der Waals surface area contributed by atoms with Crippen molar-refractivity contribution in [1.82, 2.24) is 14.9 Å². The number of nitrogens with one attached hydrogen (secondary N) is 1. The van der Waals surface area contributed by atoms with E-state index < -0.39 is 6.09 Å². The molecule has 1 aliphatic heterocycles. The van der Waals surface area contributed by atoms with Crippen LogP contribution in [0.3, 0.4) is 0 Å². The Morgan fingerprint density at radius 1 is 1.18 bits per heavy atom. The zero-order valence-electron chi connectivity index (χ0n) is 19.3. The maximum atomic E-state index is 15.0. The molecule has 1 aromatic heterocycles. The van der Waals surface area contributed by atoms with Crippen LogP contribution in [-0.4, -0.2) is 60.8 Å². The van der Waals surface area contributed by atoms with Gasteiger partial charge in [-0.3, -0.25) is 4.89 Å². The van der Waals surface area contributed by atoms with Crippen LogP contribution < -0.4 is 15.1 Å². The van der Waals surface area contributed by atoms with E-state index in [4.69, 9.17) is 4.89 Å². The van der Waals surface area contributed by atoms with Gasteiger partial charge < -0.3 is 15.1 Å². The van der Waals surface area contributed by atoms with E-state index in [-0.39, 0.29) is 17.6 Å². The van der Waals surface area contributed by atoms with Gasteiger partial charge in [-0.15, -0.1) is 0 Å². The summed E-state index contributed by atoms with van der Waals surface area (Å²) in [5.74, 6) is 0.130. The first-order valence-corrected chi connectivity index (χ1v) is 10.9. The molecule has 9 nitrogen and oxygen atoms in total. The minimum absolute atomic E-state index is 0.198. The molecule has 1 unspecified atom stereocenters. The van der Waals surface area contributed by atoms with Crippen molar-refractivity contribution in [3.8, 4) is 0 Å². The number of para-hydroxylation sites is 1. The molecule has 1 atom stereocenters. The van der Waals surface area contributed by atoms with Gasteiger partial charge in [0.1, 0.15) is 11.6 Å². The number of anilines is 5. The lowest BCUT2D eigenvalue weighted by atomic mass is 10.1. The molecule has 10 heteroatoms. The Morgan fingerprint density at radius 3 is 2.68 bits per heavy atom. The molecule has 0 radical (unpaired) electrons. The number of nitrogens with zero attached hydrogens (tertiary/aromatic N) is 5.